The molecular formula is C79H154N4O10. The van der Waals surface area contributed by atoms with Gasteiger partial charge in [0.05, 0.1) is 66.1 Å². The summed E-state index contributed by atoms with van der Waals surface area (Å²) in [4.78, 5) is 65.0. The molecule has 0 aromatic rings. The third kappa shape index (κ3) is 48.9. The van der Waals surface area contributed by atoms with Gasteiger partial charge in [-0.25, -0.2) is 0 Å². The highest BCUT2D eigenvalue weighted by Crippen LogP contribution is 2.26. The lowest BCUT2D eigenvalue weighted by Gasteiger charge is -2.40. The summed E-state index contributed by atoms with van der Waals surface area (Å²) in [5.74, 6) is -0.843. The molecule has 6 unspecified atom stereocenters. The Bertz CT molecular complexity index is 1690. The van der Waals surface area contributed by atoms with Gasteiger partial charge >= 0.3 is 23.9 Å². The summed E-state index contributed by atoms with van der Waals surface area (Å²) in [6.07, 6.45) is 53.9. The Morgan fingerprint density at radius 3 is 0.710 bits per heavy atom. The fourth-order valence-electron chi connectivity index (χ4n) is 13.6. The van der Waals surface area contributed by atoms with Gasteiger partial charge in [-0.2, -0.15) is 0 Å². The molecule has 0 aliphatic carbocycles. The van der Waals surface area contributed by atoms with Gasteiger partial charge in [-0.1, -0.05) is 306 Å². The average Bonchev–Trinajstić information content (AvgIpc) is 1.51. The number of hydrogen-bond acceptors (Lipinski definition) is 14. The molecule has 6 atom stereocenters. The summed E-state index contributed by atoms with van der Waals surface area (Å²) in [6.45, 7) is 21.0. The van der Waals surface area contributed by atoms with E-state index in [2.05, 4.69) is 65.2 Å². The van der Waals surface area contributed by atoms with Crippen LogP contribution < -0.4 is 0 Å². The van der Waals surface area contributed by atoms with Crippen LogP contribution in [0.2, 0.25) is 0 Å². The number of carbonyl (C=O) groups is 4. The molecule has 1 fully saturated rings. The molecule has 93 heavy (non-hydrogen) atoms. The van der Waals surface area contributed by atoms with Crippen molar-refractivity contribution < 1.29 is 48.3 Å². The Morgan fingerprint density at radius 1 is 0.301 bits per heavy atom. The Balaban J connectivity index is 3.46. The van der Waals surface area contributed by atoms with Crippen molar-refractivity contribution >= 4 is 23.9 Å². The number of hydrogen-bond donors (Lipinski definition) is 2. The number of carbonyl (C=O) groups excluding carboxylic acids is 4. The highest BCUT2D eigenvalue weighted by atomic mass is 16.5. The van der Waals surface area contributed by atoms with E-state index in [1.54, 1.807) is 9.80 Å². The average molecular weight is 1320 g/mol. The molecule has 1 heterocycles. The molecule has 1 aliphatic rings. The molecule has 14 nitrogen and oxygen atoms in total. The molecule has 0 aromatic carbocycles. The minimum absolute atomic E-state index is 0.208. The molecule has 1 aliphatic heterocycles. The first-order valence-electron chi connectivity index (χ1n) is 40.3. The van der Waals surface area contributed by atoms with Crippen LogP contribution >= 0.6 is 0 Å². The van der Waals surface area contributed by atoms with Gasteiger partial charge < -0.3 is 29.2 Å². The van der Waals surface area contributed by atoms with Gasteiger partial charge in [0.25, 0.3) is 0 Å². The molecule has 0 aromatic heterocycles. The highest BCUT2D eigenvalue weighted by molar-refractivity contribution is 5.83. The topological polar surface area (TPSA) is 159 Å². The molecule has 550 valence electrons. The van der Waals surface area contributed by atoms with Crippen LogP contribution in [0.5, 0.6) is 0 Å². The lowest BCUT2D eigenvalue weighted by molar-refractivity contribution is -0.162. The van der Waals surface area contributed by atoms with E-state index < -0.39 is 49.4 Å². The van der Waals surface area contributed by atoms with Crippen LogP contribution in [-0.2, 0) is 38.1 Å². The van der Waals surface area contributed by atoms with Gasteiger partial charge in [-0.05, 0) is 75.0 Å². The summed E-state index contributed by atoms with van der Waals surface area (Å²) in [5.41, 5.74) is 0. The summed E-state index contributed by atoms with van der Waals surface area (Å²) >= 11 is 0. The number of rotatable bonds is 69. The van der Waals surface area contributed by atoms with Crippen molar-refractivity contribution in [1.29, 1.82) is 0 Å². The Hall–Kier alpha value is -2.36. The molecule has 0 radical (unpaired) electrons. The molecule has 2 N–H and O–H groups in total. The van der Waals surface area contributed by atoms with E-state index in [4.69, 9.17) is 18.9 Å². The number of ether oxygens (including phenoxy) is 4. The van der Waals surface area contributed by atoms with Crippen LogP contribution in [0.15, 0.2) is 0 Å². The van der Waals surface area contributed by atoms with E-state index >= 15 is 0 Å². The first-order chi connectivity index (χ1) is 45.5. The number of aliphatic hydroxyl groups excluding tert-OH is 2. The Kier molecular flexibility index (Phi) is 61.3. The van der Waals surface area contributed by atoms with E-state index in [0.717, 1.165) is 128 Å². The van der Waals surface area contributed by atoms with Crippen molar-refractivity contribution in [3.63, 3.8) is 0 Å². The van der Waals surface area contributed by atoms with E-state index in [1.807, 2.05) is 0 Å². The first-order valence-corrected chi connectivity index (χ1v) is 40.3. The minimum atomic E-state index is -1.03. The van der Waals surface area contributed by atoms with Crippen LogP contribution in [0, 0.1) is 23.7 Å². The van der Waals surface area contributed by atoms with Gasteiger partial charge in [0.1, 0.15) is 12.1 Å². The van der Waals surface area contributed by atoms with Crippen molar-refractivity contribution in [2.45, 2.75) is 382 Å². The highest BCUT2D eigenvalue weighted by Gasteiger charge is 2.36. The van der Waals surface area contributed by atoms with Crippen LogP contribution in [0.1, 0.15) is 370 Å². The number of piperazine rings is 1. The van der Waals surface area contributed by atoms with Gasteiger partial charge in [0, 0.05) is 26.2 Å². The van der Waals surface area contributed by atoms with E-state index in [-0.39, 0.29) is 49.9 Å². The zero-order valence-corrected chi connectivity index (χ0v) is 62.5. The second-order valence-corrected chi connectivity index (χ2v) is 28.8. The van der Waals surface area contributed by atoms with Gasteiger partial charge in [-0.15, -0.1) is 0 Å². The number of unbranched alkanes of at least 4 members (excludes halogenated alkanes) is 31. The summed E-state index contributed by atoms with van der Waals surface area (Å²) in [6, 6.07) is -2.06. The quantitative estimate of drug-likeness (QED) is 0.0256. The van der Waals surface area contributed by atoms with E-state index in [0.29, 0.717) is 52.6 Å². The Labute approximate surface area is 574 Å². The molecule has 0 spiro atoms. The smallest absolute Gasteiger partial charge is 0.324 e. The number of esters is 4. The van der Waals surface area contributed by atoms with Crippen LogP contribution in [0.3, 0.4) is 0 Å². The lowest BCUT2D eigenvalue weighted by Crippen LogP contribution is -2.57. The molecule has 0 amide bonds. The largest absolute Gasteiger partial charge is 0.465 e. The maximum atomic E-state index is 14.6. The van der Waals surface area contributed by atoms with Gasteiger partial charge in [-0.3, -0.25) is 38.8 Å². The monoisotopic (exact) mass is 1320 g/mol. The van der Waals surface area contributed by atoms with E-state index in [1.165, 1.54) is 173 Å². The normalized spacial score (nSPS) is 15.1. The maximum absolute atomic E-state index is 14.6. The fraction of sp³-hybridized carbons (Fsp3) is 0.949. The second kappa shape index (κ2) is 64.3. The predicted octanol–water partition coefficient (Wildman–Crippen LogP) is 19.7. The summed E-state index contributed by atoms with van der Waals surface area (Å²) in [5, 5.41) is 22.4. The number of nitrogens with zero attached hydrogens (tertiary/aromatic N) is 4. The van der Waals surface area contributed by atoms with Crippen molar-refractivity contribution in [2.24, 2.45) is 23.7 Å². The van der Waals surface area contributed by atoms with Crippen LogP contribution in [0.4, 0.5) is 0 Å². The van der Waals surface area contributed by atoms with Crippen molar-refractivity contribution in [1.82, 2.24) is 19.6 Å². The predicted molar refractivity (Wildman–Crippen MR) is 388 cm³/mol. The van der Waals surface area contributed by atoms with Crippen LogP contribution in [0.25, 0.3) is 0 Å². The molecule has 0 bridgehead atoms. The molecular weight excluding hydrogens is 1160 g/mol. The third-order valence-corrected chi connectivity index (χ3v) is 20.1. The molecule has 1 rings (SSSR count). The van der Waals surface area contributed by atoms with E-state index in [9.17, 15) is 29.4 Å². The minimum Gasteiger partial charge on any atom is -0.465 e. The standard InChI is InChI=1S/C79H154N4O10/c1-9-17-25-33-37-45-53-71(49-41-30-22-14-6)63-91-77(87)61-75(79(89)93-65-73(51-43-32-24-16-8)55-47-39-35-27-19-11-3)83(69-85)67-81-58-56-80(57-59-81)66-82(68-84)74(60-76(86)90-62-70(48-40-29-21-13-5)52-44-36-28-20-12-4)78(88)92-64-72(50-42-31-23-15-7)54-46-38-34-26-18-10-2/h70-75,84-85H,9-69H2,1-8H3. The van der Waals surface area contributed by atoms with Crippen molar-refractivity contribution in [2.75, 3.05) is 79.4 Å². The zero-order valence-electron chi connectivity index (χ0n) is 62.5. The summed E-state index contributed by atoms with van der Waals surface area (Å²) < 4.78 is 24.8. The molecule has 0 saturated carbocycles. The summed E-state index contributed by atoms with van der Waals surface area (Å²) in [7, 11) is 0. The van der Waals surface area contributed by atoms with Crippen molar-refractivity contribution in [3.8, 4) is 0 Å². The SMILES string of the molecule is CCCCCCCCC(CCCCCC)COC(=O)CC(C(=O)OCC(CCCCCC)CCCCCCCC)N(CO)CN1CCN(CN(CO)C(CC(=O)OCC(CCCCCC)CCCCCCC)C(=O)OCC(CCCCCC)CCCCCCCC)CC1. The second-order valence-electron chi connectivity index (χ2n) is 28.8. The fourth-order valence-corrected chi connectivity index (χ4v) is 13.6. The maximum Gasteiger partial charge on any atom is 0.324 e. The molecule has 1 saturated heterocycles. The van der Waals surface area contributed by atoms with Gasteiger partial charge in [0.15, 0.2) is 0 Å². The lowest BCUT2D eigenvalue weighted by atomic mass is 9.95. The van der Waals surface area contributed by atoms with Crippen molar-refractivity contribution in [3.05, 3.63) is 0 Å². The van der Waals surface area contributed by atoms with Crippen LogP contribution in [-0.4, -0.2) is 145 Å². The molecule has 14 heteroatoms. The zero-order chi connectivity index (χ0) is 68.0. The van der Waals surface area contributed by atoms with Gasteiger partial charge in [0.2, 0.25) is 0 Å². The third-order valence-electron chi connectivity index (χ3n) is 20.1. The first kappa shape index (κ1) is 88.7. The Morgan fingerprint density at radius 2 is 0.495 bits per heavy atom. The number of aliphatic hydroxyl groups is 2.